The fourth-order valence-electron chi connectivity index (χ4n) is 5.04. The molecule has 9 heteroatoms. The van der Waals surface area contributed by atoms with Crippen LogP contribution in [0.25, 0.3) is 11.3 Å². The van der Waals surface area contributed by atoms with Gasteiger partial charge in [0.25, 0.3) is 5.91 Å². The second-order valence-corrected chi connectivity index (χ2v) is 9.71. The molecule has 0 radical (unpaired) electrons. The number of benzene rings is 2. The summed E-state index contributed by atoms with van der Waals surface area (Å²) in [7, 11) is 1.78. The number of amides is 1. The van der Waals surface area contributed by atoms with E-state index in [1.165, 1.54) is 0 Å². The van der Waals surface area contributed by atoms with E-state index >= 15 is 0 Å². The van der Waals surface area contributed by atoms with E-state index < -0.39 is 5.97 Å². The molecule has 0 saturated heterocycles. The summed E-state index contributed by atoms with van der Waals surface area (Å²) in [6.45, 7) is 6.44. The van der Waals surface area contributed by atoms with Crippen molar-refractivity contribution in [3.63, 3.8) is 0 Å². The molecule has 38 heavy (non-hydrogen) atoms. The largest absolute Gasteiger partial charge is 0.478 e. The van der Waals surface area contributed by atoms with Gasteiger partial charge in [0, 0.05) is 31.5 Å². The maximum absolute atomic E-state index is 13.2. The first-order chi connectivity index (χ1) is 18.3. The molecule has 0 aliphatic heterocycles. The van der Waals surface area contributed by atoms with Crippen molar-refractivity contribution in [2.75, 3.05) is 12.4 Å². The van der Waals surface area contributed by atoms with Gasteiger partial charge in [-0.15, -0.1) is 0 Å². The number of fused-ring (bicyclic) bond motifs is 2. The highest BCUT2D eigenvalue weighted by molar-refractivity contribution is 6.34. The lowest BCUT2D eigenvalue weighted by atomic mass is 9.98. The zero-order valence-corrected chi connectivity index (χ0v) is 21.9. The highest BCUT2D eigenvalue weighted by Crippen LogP contribution is 2.35. The number of hydrogen-bond acceptors (Lipinski definition) is 5. The van der Waals surface area contributed by atoms with E-state index in [9.17, 15) is 14.7 Å². The first-order valence-electron chi connectivity index (χ1n) is 12.3. The number of aromatic carboxylic acids is 1. The summed E-state index contributed by atoms with van der Waals surface area (Å²) < 4.78 is 1.90. The first kappa shape index (κ1) is 25.5. The van der Waals surface area contributed by atoms with Crippen molar-refractivity contribution >= 4 is 40.5 Å². The molecule has 2 heterocycles. The van der Waals surface area contributed by atoms with Crippen LogP contribution < -0.4 is 16.0 Å². The molecule has 1 aliphatic rings. The van der Waals surface area contributed by atoms with Gasteiger partial charge < -0.3 is 25.5 Å². The van der Waals surface area contributed by atoms with E-state index in [4.69, 9.17) is 16.6 Å². The summed E-state index contributed by atoms with van der Waals surface area (Å²) in [5.41, 5.74) is 7.04. The topological polar surface area (TPSA) is 108 Å². The Morgan fingerprint density at radius 3 is 2.71 bits per heavy atom. The van der Waals surface area contributed by atoms with Gasteiger partial charge in [0.15, 0.2) is 5.65 Å². The molecule has 0 saturated carbocycles. The Labute approximate surface area is 225 Å². The Hall–Kier alpha value is -4.14. The van der Waals surface area contributed by atoms with Crippen LogP contribution in [0.15, 0.2) is 61.3 Å². The van der Waals surface area contributed by atoms with E-state index in [1.54, 1.807) is 37.4 Å². The van der Waals surface area contributed by atoms with Gasteiger partial charge >= 0.3 is 5.97 Å². The van der Waals surface area contributed by atoms with E-state index in [0.29, 0.717) is 45.4 Å². The molecular weight excluding hydrogens is 502 g/mol. The summed E-state index contributed by atoms with van der Waals surface area (Å²) in [6, 6.07) is 14.5. The highest BCUT2D eigenvalue weighted by atomic mass is 35.5. The monoisotopic (exact) mass is 529 g/mol. The van der Waals surface area contributed by atoms with Gasteiger partial charge in [-0.2, -0.15) is 0 Å². The van der Waals surface area contributed by atoms with E-state index in [2.05, 4.69) is 22.5 Å². The Morgan fingerprint density at radius 1 is 1.18 bits per heavy atom. The standard InChI is InChI=1S/C29H28ClN5O3/c1-16-19-10-11-24(21(19)9-8-20(16)29(37)38)32-15-18-14-26(17(2)31-3)33-27-22(12-13-35(18)27)28(36)34-25-7-5-4-6-23(25)30/h4-9,12-14,24,31-32H,2,10-11,15H2,1,3H3,(H,34,36)(H,37,38)/t24-/m0/s1. The minimum Gasteiger partial charge on any atom is -0.478 e. The van der Waals surface area contributed by atoms with Gasteiger partial charge in [0.1, 0.15) is 0 Å². The number of carbonyl (C=O) groups is 2. The third-order valence-electron chi connectivity index (χ3n) is 7.13. The van der Waals surface area contributed by atoms with Gasteiger partial charge in [0.05, 0.1) is 33.2 Å². The molecule has 4 N–H and O–H groups in total. The second-order valence-electron chi connectivity index (χ2n) is 9.30. The second kappa shape index (κ2) is 10.3. The van der Waals surface area contributed by atoms with Crippen molar-refractivity contribution < 1.29 is 14.7 Å². The molecule has 0 bridgehead atoms. The van der Waals surface area contributed by atoms with Crippen LogP contribution >= 0.6 is 11.6 Å². The summed E-state index contributed by atoms with van der Waals surface area (Å²) >= 11 is 6.24. The van der Waals surface area contributed by atoms with Crippen LogP contribution in [0.2, 0.25) is 5.02 Å². The number of aromatic nitrogens is 2. The van der Waals surface area contributed by atoms with Crippen LogP contribution in [0.3, 0.4) is 0 Å². The van der Waals surface area contributed by atoms with Crippen molar-refractivity contribution in [2.24, 2.45) is 0 Å². The zero-order valence-electron chi connectivity index (χ0n) is 21.1. The molecule has 0 spiro atoms. The molecule has 0 fully saturated rings. The molecule has 1 atom stereocenters. The summed E-state index contributed by atoms with van der Waals surface area (Å²) in [5, 5.41) is 19.5. The minimum absolute atomic E-state index is 0.0873. The van der Waals surface area contributed by atoms with E-state index in [1.807, 2.05) is 35.7 Å². The Kier molecular flexibility index (Phi) is 6.93. The number of carboxylic acid groups (broad SMARTS) is 1. The summed E-state index contributed by atoms with van der Waals surface area (Å²) in [5.74, 6) is -1.21. The van der Waals surface area contributed by atoms with Crippen molar-refractivity contribution in [1.29, 1.82) is 0 Å². The quantitative estimate of drug-likeness (QED) is 0.249. The molecule has 1 amide bonds. The lowest BCUT2D eigenvalue weighted by molar-refractivity contribution is 0.0695. The average Bonchev–Trinajstić information content (AvgIpc) is 3.53. The summed E-state index contributed by atoms with van der Waals surface area (Å²) in [4.78, 5) is 29.5. The van der Waals surface area contributed by atoms with Gasteiger partial charge in [0.2, 0.25) is 0 Å². The molecule has 2 aromatic heterocycles. The zero-order chi connectivity index (χ0) is 27.0. The van der Waals surface area contributed by atoms with Gasteiger partial charge in [-0.1, -0.05) is 36.4 Å². The Bertz CT molecular complexity index is 1590. The number of rotatable bonds is 8. The molecule has 1 aliphatic carbocycles. The number of nitrogens with one attached hydrogen (secondary N) is 3. The Morgan fingerprint density at radius 2 is 1.97 bits per heavy atom. The van der Waals surface area contributed by atoms with Crippen LogP contribution in [-0.2, 0) is 13.0 Å². The minimum atomic E-state index is -0.903. The summed E-state index contributed by atoms with van der Waals surface area (Å²) in [6.07, 6.45) is 3.53. The fraction of sp³-hybridized carbons (Fsp3) is 0.207. The number of carbonyl (C=O) groups excluding carboxylic acids is 1. The SMILES string of the molecule is C=C(NC)c1cc(CN[C@H]2CCc3c2ccc(C(=O)O)c3C)n2ccc(C(=O)Nc3ccccc3Cl)c2n1. The smallest absolute Gasteiger partial charge is 0.335 e. The lowest BCUT2D eigenvalue weighted by Gasteiger charge is -2.17. The number of hydrogen-bond donors (Lipinski definition) is 4. The molecule has 5 rings (SSSR count). The number of para-hydroxylation sites is 1. The fourth-order valence-corrected chi connectivity index (χ4v) is 5.23. The van der Waals surface area contributed by atoms with Crippen molar-refractivity contribution in [2.45, 2.75) is 32.4 Å². The van der Waals surface area contributed by atoms with Crippen molar-refractivity contribution in [1.82, 2.24) is 20.0 Å². The highest BCUT2D eigenvalue weighted by Gasteiger charge is 2.26. The van der Waals surface area contributed by atoms with Gasteiger partial charge in [-0.3, -0.25) is 4.79 Å². The molecular formula is C29H28ClN5O3. The van der Waals surface area contributed by atoms with E-state index in [-0.39, 0.29) is 11.9 Å². The maximum atomic E-state index is 13.2. The van der Waals surface area contributed by atoms with E-state index in [0.717, 1.165) is 35.2 Å². The number of nitrogens with zero attached hydrogens (tertiary/aromatic N) is 2. The normalized spacial score (nSPS) is 14.3. The third-order valence-corrected chi connectivity index (χ3v) is 7.46. The molecule has 8 nitrogen and oxygen atoms in total. The lowest BCUT2D eigenvalue weighted by Crippen LogP contribution is -2.21. The molecule has 4 aromatic rings. The van der Waals surface area contributed by atoms with Gasteiger partial charge in [-0.05, 0) is 66.8 Å². The molecule has 194 valence electrons. The molecule has 0 unspecified atom stereocenters. The molecule has 2 aromatic carbocycles. The number of halogens is 1. The van der Waals surface area contributed by atoms with Gasteiger partial charge in [-0.25, -0.2) is 9.78 Å². The predicted molar refractivity (Wildman–Crippen MR) is 149 cm³/mol. The number of anilines is 1. The predicted octanol–water partition coefficient (Wildman–Crippen LogP) is 5.21. The van der Waals surface area contributed by atoms with Crippen LogP contribution in [0.4, 0.5) is 5.69 Å². The van der Waals surface area contributed by atoms with Crippen LogP contribution in [-0.4, -0.2) is 33.4 Å². The van der Waals surface area contributed by atoms with Crippen molar-refractivity contribution in [3.05, 3.63) is 106 Å². The van der Waals surface area contributed by atoms with Crippen LogP contribution in [0.1, 0.15) is 61.3 Å². The number of carboxylic acids is 1. The van der Waals surface area contributed by atoms with Crippen molar-refractivity contribution in [3.8, 4) is 0 Å². The third kappa shape index (κ3) is 4.64. The Balaban J connectivity index is 1.45. The maximum Gasteiger partial charge on any atom is 0.335 e. The van der Waals surface area contributed by atoms with Crippen LogP contribution in [0.5, 0.6) is 0 Å². The average molecular weight is 530 g/mol. The van der Waals surface area contributed by atoms with Crippen LogP contribution in [0, 0.1) is 6.92 Å². The first-order valence-corrected chi connectivity index (χ1v) is 12.7.